The molecule has 27 heavy (non-hydrogen) atoms. The van der Waals surface area contributed by atoms with Crippen LogP contribution < -0.4 is 0 Å². The zero-order valence-electron chi connectivity index (χ0n) is 18.1. The predicted molar refractivity (Wildman–Crippen MR) is 119 cm³/mol. The smallest absolute Gasteiger partial charge is 0.379 e. The van der Waals surface area contributed by atoms with Crippen molar-refractivity contribution in [2.75, 3.05) is 32.2 Å². The molecular weight excluding hydrogens is 379 g/mol. The quantitative estimate of drug-likeness (QED) is 0.133. The Kier molecular flexibility index (Phi) is 22.9. The van der Waals surface area contributed by atoms with Gasteiger partial charge in [-0.15, -0.1) is 4.52 Å². The summed E-state index contributed by atoms with van der Waals surface area (Å²) in [5.74, 6) is 0.668. The van der Waals surface area contributed by atoms with Crippen LogP contribution in [0, 0.1) is 0 Å². The van der Waals surface area contributed by atoms with Crippen LogP contribution in [0.5, 0.6) is 0 Å². The fourth-order valence-electron chi connectivity index (χ4n) is 2.76. The highest BCUT2D eigenvalue weighted by atomic mass is 32.7. The van der Waals surface area contributed by atoms with E-state index in [1.54, 1.807) is 0 Å². The summed E-state index contributed by atoms with van der Waals surface area (Å²) < 4.78 is 28.7. The first-order valence-electron chi connectivity index (χ1n) is 11.2. The molecule has 0 aliphatic rings. The SMILES string of the molecule is CCCCCCCCOCC(CS[P+](=O)OCC)OCCCCCCCC. The Morgan fingerprint density at radius 2 is 1.33 bits per heavy atom. The van der Waals surface area contributed by atoms with Gasteiger partial charge in [0.2, 0.25) is 0 Å². The van der Waals surface area contributed by atoms with Crippen LogP contribution in [0.25, 0.3) is 0 Å². The van der Waals surface area contributed by atoms with Crippen molar-refractivity contribution in [3.8, 4) is 0 Å². The standard InChI is InChI=1S/C21H44O4PS/c1-4-7-9-11-13-15-17-23-19-21(20-27-26(22)25-6-3)24-18-16-14-12-10-8-5-2/h21H,4-20H2,1-3H3/q+1. The van der Waals surface area contributed by atoms with Gasteiger partial charge in [-0.25, -0.2) is 0 Å². The van der Waals surface area contributed by atoms with E-state index in [4.69, 9.17) is 14.0 Å². The third kappa shape index (κ3) is 20.9. The van der Waals surface area contributed by atoms with E-state index < -0.39 is 7.23 Å². The maximum atomic E-state index is 11.7. The highest BCUT2D eigenvalue weighted by Crippen LogP contribution is 2.39. The van der Waals surface area contributed by atoms with E-state index >= 15 is 0 Å². The van der Waals surface area contributed by atoms with Crippen molar-refractivity contribution < 1.29 is 18.6 Å². The van der Waals surface area contributed by atoms with E-state index in [9.17, 15) is 4.57 Å². The Morgan fingerprint density at radius 1 is 0.778 bits per heavy atom. The van der Waals surface area contributed by atoms with Crippen LogP contribution in [0.15, 0.2) is 0 Å². The molecule has 0 aromatic carbocycles. The van der Waals surface area contributed by atoms with Crippen LogP contribution in [0.3, 0.4) is 0 Å². The van der Waals surface area contributed by atoms with Crippen LogP contribution >= 0.6 is 18.6 Å². The van der Waals surface area contributed by atoms with Gasteiger partial charge in [-0.1, -0.05) is 78.1 Å². The average Bonchev–Trinajstić information content (AvgIpc) is 2.67. The molecule has 0 fully saturated rings. The molecule has 4 nitrogen and oxygen atoms in total. The Morgan fingerprint density at radius 3 is 1.93 bits per heavy atom. The minimum atomic E-state index is -1.64. The minimum absolute atomic E-state index is 0.00476. The summed E-state index contributed by atoms with van der Waals surface area (Å²) in [6.07, 6.45) is 15.2. The molecule has 0 aliphatic carbocycles. The van der Waals surface area contributed by atoms with Crippen molar-refractivity contribution in [3.05, 3.63) is 0 Å². The Hall–Kier alpha value is 0.330. The number of ether oxygens (including phenoxy) is 2. The fourth-order valence-corrected chi connectivity index (χ4v) is 4.93. The van der Waals surface area contributed by atoms with Crippen LogP contribution in [0.4, 0.5) is 0 Å². The van der Waals surface area contributed by atoms with E-state index in [1.165, 1.54) is 75.6 Å². The van der Waals surface area contributed by atoms with E-state index in [0.29, 0.717) is 19.0 Å². The number of unbranched alkanes of at least 4 members (excludes halogenated alkanes) is 10. The summed E-state index contributed by atoms with van der Waals surface area (Å²) in [7, 11) is -1.64. The van der Waals surface area contributed by atoms with E-state index in [2.05, 4.69) is 13.8 Å². The van der Waals surface area contributed by atoms with Gasteiger partial charge in [-0.05, 0) is 24.3 Å². The van der Waals surface area contributed by atoms with Crippen LogP contribution in [-0.4, -0.2) is 38.3 Å². The average molecular weight is 424 g/mol. The summed E-state index contributed by atoms with van der Waals surface area (Å²) >= 11 is 1.34. The lowest BCUT2D eigenvalue weighted by molar-refractivity contribution is -0.00612. The molecule has 0 bridgehead atoms. The Labute approximate surface area is 173 Å². The largest absolute Gasteiger partial charge is 0.585 e. The minimum Gasteiger partial charge on any atom is -0.379 e. The molecule has 0 spiro atoms. The lowest BCUT2D eigenvalue weighted by atomic mass is 10.1. The topological polar surface area (TPSA) is 44.8 Å². The third-order valence-corrected chi connectivity index (χ3v) is 6.99. The summed E-state index contributed by atoms with van der Waals surface area (Å²) in [5.41, 5.74) is 0. The monoisotopic (exact) mass is 423 g/mol. The Bertz CT molecular complexity index is 319. The van der Waals surface area contributed by atoms with Gasteiger partial charge in [0, 0.05) is 13.2 Å². The Balaban J connectivity index is 3.86. The second kappa shape index (κ2) is 22.6. The normalized spacial score (nSPS) is 13.1. The maximum Gasteiger partial charge on any atom is 0.585 e. The lowest BCUT2D eigenvalue weighted by Gasteiger charge is -2.16. The van der Waals surface area contributed by atoms with Gasteiger partial charge < -0.3 is 9.47 Å². The molecule has 0 rings (SSSR count). The van der Waals surface area contributed by atoms with Crippen molar-refractivity contribution in [3.63, 3.8) is 0 Å². The predicted octanol–water partition coefficient (Wildman–Crippen LogP) is 7.54. The van der Waals surface area contributed by atoms with Gasteiger partial charge in [0.25, 0.3) is 0 Å². The van der Waals surface area contributed by atoms with E-state index in [1.807, 2.05) is 6.92 Å². The van der Waals surface area contributed by atoms with Crippen molar-refractivity contribution in [1.82, 2.24) is 0 Å². The number of rotatable bonds is 22. The summed E-state index contributed by atoms with van der Waals surface area (Å²) in [4.78, 5) is 0. The van der Waals surface area contributed by atoms with Crippen molar-refractivity contribution in [2.24, 2.45) is 0 Å². The molecule has 0 saturated carbocycles. The highest BCUT2D eigenvalue weighted by molar-refractivity contribution is 8.50. The summed E-state index contributed by atoms with van der Waals surface area (Å²) in [6, 6.07) is 0. The van der Waals surface area contributed by atoms with Crippen molar-refractivity contribution >= 4 is 18.6 Å². The first kappa shape index (κ1) is 27.3. The molecule has 0 amide bonds. The fraction of sp³-hybridized carbons (Fsp3) is 1.00. The van der Waals surface area contributed by atoms with Crippen molar-refractivity contribution in [2.45, 2.75) is 104 Å². The van der Waals surface area contributed by atoms with E-state index in [0.717, 1.165) is 26.1 Å². The molecule has 2 unspecified atom stereocenters. The molecule has 0 aliphatic heterocycles. The molecule has 0 heterocycles. The summed E-state index contributed by atoms with van der Waals surface area (Å²) in [6.45, 7) is 8.99. The molecule has 162 valence electrons. The molecule has 0 N–H and O–H groups in total. The van der Waals surface area contributed by atoms with Crippen LogP contribution in [0.1, 0.15) is 97.8 Å². The second-order valence-electron chi connectivity index (χ2n) is 7.04. The first-order chi connectivity index (χ1) is 13.2. The van der Waals surface area contributed by atoms with Gasteiger partial charge in [-0.2, -0.15) is 0 Å². The van der Waals surface area contributed by atoms with Crippen LogP contribution in [-0.2, 0) is 18.6 Å². The lowest BCUT2D eigenvalue weighted by Crippen LogP contribution is -2.23. The summed E-state index contributed by atoms with van der Waals surface area (Å²) in [5, 5.41) is 0. The molecule has 0 saturated heterocycles. The second-order valence-corrected chi connectivity index (χ2v) is 10.0. The highest BCUT2D eigenvalue weighted by Gasteiger charge is 2.23. The molecule has 6 heteroatoms. The molecule has 0 aromatic rings. The molecular formula is C21H44O4PS+. The van der Waals surface area contributed by atoms with Gasteiger partial charge in [0.1, 0.15) is 6.61 Å². The first-order valence-corrected chi connectivity index (χ1v) is 13.9. The zero-order valence-corrected chi connectivity index (χ0v) is 19.8. The third-order valence-electron chi connectivity index (χ3n) is 4.40. The molecule has 0 radical (unpaired) electrons. The number of hydrogen-bond acceptors (Lipinski definition) is 5. The maximum absolute atomic E-state index is 11.7. The molecule has 2 atom stereocenters. The van der Waals surface area contributed by atoms with Gasteiger partial charge in [-0.3, -0.25) is 0 Å². The van der Waals surface area contributed by atoms with Gasteiger partial charge in [0.15, 0.2) is 11.4 Å². The van der Waals surface area contributed by atoms with Gasteiger partial charge >= 0.3 is 7.23 Å². The van der Waals surface area contributed by atoms with Gasteiger partial charge in [0.05, 0.1) is 18.5 Å². The van der Waals surface area contributed by atoms with Crippen molar-refractivity contribution in [1.29, 1.82) is 0 Å². The number of hydrogen-bond donors (Lipinski definition) is 0. The van der Waals surface area contributed by atoms with E-state index in [-0.39, 0.29) is 6.10 Å². The van der Waals surface area contributed by atoms with Crippen LogP contribution in [0.2, 0.25) is 0 Å². The molecule has 0 aromatic heterocycles. The zero-order chi connectivity index (χ0) is 20.0.